The van der Waals surface area contributed by atoms with Crippen molar-refractivity contribution in [2.45, 2.75) is 26.3 Å². The summed E-state index contributed by atoms with van der Waals surface area (Å²) in [6.45, 7) is 9.89. The van der Waals surface area contributed by atoms with Crippen molar-refractivity contribution in [1.82, 2.24) is 0 Å². The van der Waals surface area contributed by atoms with E-state index in [2.05, 4.69) is 46.5 Å². The monoisotopic (exact) mass is 296 g/mol. The van der Waals surface area contributed by atoms with Gasteiger partial charge in [-0.05, 0) is 31.0 Å². The lowest BCUT2D eigenvalue weighted by atomic mass is 10.1. The molecule has 2 N–H and O–H groups in total. The van der Waals surface area contributed by atoms with Crippen molar-refractivity contribution in [1.29, 1.82) is 0 Å². The Kier molecular flexibility index (Phi) is 5.72. The molecule has 0 heterocycles. The highest BCUT2D eigenvalue weighted by molar-refractivity contribution is 9.10. The molecular formula is C14H21BrN2. The Labute approximate surface area is 113 Å². The second-order valence-electron chi connectivity index (χ2n) is 4.23. The van der Waals surface area contributed by atoms with Gasteiger partial charge in [-0.15, -0.1) is 6.58 Å². The average Bonchev–Trinajstić information content (AvgIpc) is 2.28. The Balaban J connectivity index is 3.13. The number of hydrogen-bond donors (Lipinski definition) is 1. The normalized spacial score (nSPS) is 12.2. The van der Waals surface area contributed by atoms with Gasteiger partial charge in [-0.25, -0.2) is 0 Å². The minimum Gasteiger partial charge on any atom is -0.368 e. The molecule has 3 heteroatoms. The lowest BCUT2D eigenvalue weighted by molar-refractivity contribution is 0.775. The highest BCUT2D eigenvalue weighted by atomic mass is 79.9. The Morgan fingerprint density at radius 1 is 1.53 bits per heavy atom. The van der Waals surface area contributed by atoms with Crippen LogP contribution < -0.4 is 10.6 Å². The summed E-state index contributed by atoms with van der Waals surface area (Å²) in [5, 5.41) is 0. The van der Waals surface area contributed by atoms with E-state index >= 15 is 0 Å². The lowest BCUT2D eigenvalue weighted by Crippen LogP contribution is -2.26. The van der Waals surface area contributed by atoms with Crippen molar-refractivity contribution in [2.24, 2.45) is 5.73 Å². The fourth-order valence-electron chi connectivity index (χ4n) is 1.91. The van der Waals surface area contributed by atoms with Crippen molar-refractivity contribution >= 4 is 21.6 Å². The molecule has 17 heavy (non-hydrogen) atoms. The summed E-state index contributed by atoms with van der Waals surface area (Å²) in [5.41, 5.74) is 8.42. The number of hydrogen-bond acceptors (Lipinski definition) is 2. The zero-order valence-electron chi connectivity index (χ0n) is 10.6. The first-order valence-electron chi connectivity index (χ1n) is 6.01. The van der Waals surface area contributed by atoms with Crippen LogP contribution in [0.15, 0.2) is 35.3 Å². The predicted molar refractivity (Wildman–Crippen MR) is 79.4 cm³/mol. The summed E-state index contributed by atoms with van der Waals surface area (Å²) in [5.74, 6) is 0. The van der Waals surface area contributed by atoms with Gasteiger partial charge < -0.3 is 10.6 Å². The van der Waals surface area contributed by atoms with Crippen LogP contribution in [0.1, 0.15) is 31.9 Å². The van der Waals surface area contributed by atoms with Gasteiger partial charge in [0.2, 0.25) is 0 Å². The molecular weight excluding hydrogens is 276 g/mol. The van der Waals surface area contributed by atoms with Gasteiger partial charge in [0.25, 0.3) is 0 Å². The largest absolute Gasteiger partial charge is 0.368 e. The number of nitrogens with zero attached hydrogens (tertiary/aromatic N) is 1. The van der Waals surface area contributed by atoms with Crippen LogP contribution in [0, 0.1) is 0 Å². The quantitative estimate of drug-likeness (QED) is 0.808. The summed E-state index contributed by atoms with van der Waals surface area (Å²) < 4.78 is 1.09. The fraction of sp³-hybridized carbons (Fsp3) is 0.429. The van der Waals surface area contributed by atoms with E-state index in [9.17, 15) is 0 Å². The van der Waals surface area contributed by atoms with Gasteiger partial charge in [-0.1, -0.05) is 35.0 Å². The molecule has 0 bridgehead atoms. The molecule has 0 spiro atoms. The third-order valence-corrected chi connectivity index (χ3v) is 3.16. The summed E-state index contributed by atoms with van der Waals surface area (Å²) in [6.07, 6.45) is 3.04. The first kappa shape index (κ1) is 14.3. The zero-order valence-corrected chi connectivity index (χ0v) is 12.2. The summed E-state index contributed by atoms with van der Waals surface area (Å²) in [4.78, 5) is 2.32. The molecule has 0 radical (unpaired) electrons. The van der Waals surface area contributed by atoms with E-state index in [1.54, 1.807) is 0 Å². The van der Waals surface area contributed by atoms with Gasteiger partial charge >= 0.3 is 0 Å². The van der Waals surface area contributed by atoms with E-state index in [1.807, 2.05) is 19.1 Å². The lowest BCUT2D eigenvalue weighted by Gasteiger charge is -2.27. The first-order valence-corrected chi connectivity index (χ1v) is 6.80. The van der Waals surface area contributed by atoms with Crippen molar-refractivity contribution in [3.8, 4) is 0 Å². The summed E-state index contributed by atoms with van der Waals surface area (Å²) >= 11 is 3.52. The smallest absolute Gasteiger partial charge is 0.0428 e. The van der Waals surface area contributed by atoms with Gasteiger partial charge in [0.15, 0.2) is 0 Å². The van der Waals surface area contributed by atoms with E-state index in [0.717, 1.165) is 24.0 Å². The minimum absolute atomic E-state index is 0.0438. The van der Waals surface area contributed by atoms with Gasteiger partial charge in [0.1, 0.15) is 0 Å². The molecule has 0 aliphatic rings. The van der Waals surface area contributed by atoms with E-state index in [0.29, 0.717) is 0 Å². The molecule has 1 atom stereocenters. The van der Waals surface area contributed by atoms with Crippen LogP contribution in [0.25, 0.3) is 0 Å². The predicted octanol–water partition coefficient (Wildman–Crippen LogP) is 3.87. The van der Waals surface area contributed by atoms with Crippen molar-refractivity contribution in [3.05, 3.63) is 40.9 Å². The van der Waals surface area contributed by atoms with Crippen LogP contribution in [0.5, 0.6) is 0 Å². The Morgan fingerprint density at radius 3 is 2.76 bits per heavy atom. The molecule has 94 valence electrons. The molecule has 0 aliphatic heterocycles. The second-order valence-corrected chi connectivity index (χ2v) is 5.14. The molecule has 1 unspecified atom stereocenters. The van der Waals surface area contributed by atoms with E-state index < -0.39 is 0 Å². The van der Waals surface area contributed by atoms with E-state index in [4.69, 9.17) is 5.73 Å². The van der Waals surface area contributed by atoms with Crippen LogP contribution in [-0.4, -0.2) is 13.1 Å². The van der Waals surface area contributed by atoms with Gasteiger partial charge in [0.05, 0.1) is 0 Å². The number of halogens is 1. The van der Waals surface area contributed by atoms with Crippen LogP contribution in [-0.2, 0) is 0 Å². The molecule has 0 aliphatic carbocycles. The van der Waals surface area contributed by atoms with Crippen LogP contribution >= 0.6 is 15.9 Å². The molecule has 1 rings (SSSR count). The molecule has 0 saturated heterocycles. The van der Waals surface area contributed by atoms with Crippen molar-refractivity contribution in [2.75, 3.05) is 18.0 Å². The Hall–Kier alpha value is -0.800. The molecule has 0 saturated carbocycles. The van der Waals surface area contributed by atoms with Crippen LogP contribution in [0.3, 0.4) is 0 Å². The van der Waals surface area contributed by atoms with E-state index in [-0.39, 0.29) is 6.04 Å². The van der Waals surface area contributed by atoms with Crippen LogP contribution in [0.4, 0.5) is 5.69 Å². The third-order valence-electron chi connectivity index (χ3n) is 2.67. The minimum atomic E-state index is 0.0438. The summed E-state index contributed by atoms with van der Waals surface area (Å²) in [6, 6.07) is 6.32. The van der Waals surface area contributed by atoms with E-state index in [1.165, 1.54) is 11.3 Å². The number of anilines is 1. The van der Waals surface area contributed by atoms with Crippen LogP contribution in [0.2, 0.25) is 0 Å². The topological polar surface area (TPSA) is 29.3 Å². The molecule has 0 aromatic heterocycles. The maximum Gasteiger partial charge on any atom is 0.0428 e. The summed E-state index contributed by atoms with van der Waals surface area (Å²) in [7, 11) is 0. The molecule has 0 fully saturated rings. The molecule has 1 aromatic rings. The molecule has 1 aromatic carbocycles. The number of rotatable bonds is 6. The van der Waals surface area contributed by atoms with Gasteiger partial charge in [-0.2, -0.15) is 0 Å². The van der Waals surface area contributed by atoms with Gasteiger partial charge in [0, 0.05) is 29.3 Å². The SMILES string of the molecule is C=CCN(CCC)c1cc(Br)ccc1C(C)N. The highest BCUT2D eigenvalue weighted by Crippen LogP contribution is 2.29. The van der Waals surface area contributed by atoms with Crippen molar-refractivity contribution < 1.29 is 0 Å². The number of benzene rings is 1. The Morgan fingerprint density at radius 2 is 2.24 bits per heavy atom. The highest BCUT2D eigenvalue weighted by Gasteiger charge is 2.12. The maximum absolute atomic E-state index is 6.03. The molecule has 2 nitrogen and oxygen atoms in total. The Bertz CT molecular complexity index is 374. The maximum atomic E-state index is 6.03. The second kappa shape index (κ2) is 6.82. The first-order chi connectivity index (χ1) is 8.10. The fourth-order valence-corrected chi connectivity index (χ4v) is 2.26. The standard InChI is InChI=1S/C14H21BrN2/c1-4-8-17(9-5-2)14-10-12(15)6-7-13(14)11(3)16/h4,6-7,10-11H,1,5,8-9,16H2,2-3H3. The average molecular weight is 297 g/mol. The third kappa shape index (κ3) is 3.86. The zero-order chi connectivity index (χ0) is 12.8. The molecule has 0 amide bonds. The van der Waals surface area contributed by atoms with Crippen molar-refractivity contribution in [3.63, 3.8) is 0 Å². The van der Waals surface area contributed by atoms with Gasteiger partial charge in [-0.3, -0.25) is 0 Å². The number of nitrogens with two attached hydrogens (primary N) is 1.